The third kappa shape index (κ3) is 3.92. The largest absolute Gasteiger partial charge is 0.484 e. The second-order valence-corrected chi connectivity index (χ2v) is 6.20. The van der Waals surface area contributed by atoms with E-state index in [0.717, 1.165) is 0 Å². The maximum atomic E-state index is 12.0. The molecule has 1 aromatic rings. The number of aliphatic carboxylic acids is 1. The zero-order valence-corrected chi connectivity index (χ0v) is 12.7. The van der Waals surface area contributed by atoms with Gasteiger partial charge in [0.25, 0.3) is 5.91 Å². The number of nitrogens with one attached hydrogen (secondary N) is 1. The minimum absolute atomic E-state index is 0.256. The molecule has 1 aliphatic rings. The quantitative estimate of drug-likeness (QED) is 0.851. The molecule has 0 radical (unpaired) electrons. The monoisotopic (exact) mass is 320 g/mol. The van der Waals surface area contributed by atoms with Crippen molar-refractivity contribution in [3.8, 4) is 11.8 Å². The van der Waals surface area contributed by atoms with E-state index < -0.39 is 17.4 Å². The molecule has 22 heavy (non-hydrogen) atoms. The van der Waals surface area contributed by atoms with Crippen LogP contribution < -0.4 is 10.1 Å². The maximum absolute atomic E-state index is 12.0. The Morgan fingerprint density at radius 3 is 2.50 bits per heavy atom. The van der Waals surface area contributed by atoms with Crippen molar-refractivity contribution in [3.05, 3.63) is 29.8 Å². The van der Waals surface area contributed by atoms with Gasteiger partial charge in [0.05, 0.1) is 11.6 Å². The molecule has 0 atom stereocenters. The van der Waals surface area contributed by atoms with Gasteiger partial charge >= 0.3 is 5.97 Å². The minimum Gasteiger partial charge on any atom is -0.484 e. The molecule has 1 aliphatic heterocycles. The number of benzene rings is 1. The first-order valence-corrected chi connectivity index (χ1v) is 7.96. The van der Waals surface area contributed by atoms with Gasteiger partial charge in [0.2, 0.25) is 0 Å². The van der Waals surface area contributed by atoms with E-state index in [1.54, 1.807) is 36.0 Å². The van der Waals surface area contributed by atoms with Crippen LogP contribution in [-0.2, 0) is 9.59 Å². The van der Waals surface area contributed by atoms with Gasteiger partial charge < -0.3 is 15.2 Å². The molecule has 0 aliphatic carbocycles. The lowest BCUT2D eigenvalue weighted by Gasteiger charge is -2.33. The number of carboxylic acids is 1. The van der Waals surface area contributed by atoms with Crippen LogP contribution in [0, 0.1) is 11.3 Å². The zero-order valence-electron chi connectivity index (χ0n) is 11.9. The molecular weight excluding hydrogens is 304 g/mol. The van der Waals surface area contributed by atoms with Gasteiger partial charge in [0.15, 0.2) is 6.61 Å². The first kappa shape index (κ1) is 16.2. The van der Waals surface area contributed by atoms with Gasteiger partial charge in [-0.15, -0.1) is 0 Å². The fraction of sp³-hybridized carbons (Fsp3) is 0.400. The van der Waals surface area contributed by atoms with Crippen molar-refractivity contribution in [2.45, 2.75) is 18.4 Å². The highest BCUT2D eigenvalue weighted by molar-refractivity contribution is 7.99. The second kappa shape index (κ2) is 7.18. The number of carbonyl (C=O) groups excluding carboxylic acids is 1. The van der Waals surface area contributed by atoms with Crippen LogP contribution >= 0.6 is 11.8 Å². The SMILES string of the molecule is N#Cc1ccc(OCC(=O)NC2(C(=O)O)CCSCC2)cc1. The second-order valence-electron chi connectivity index (χ2n) is 4.97. The van der Waals surface area contributed by atoms with E-state index in [1.807, 2.05) is 6.07 Å². The number of thioether (sulfide) groups is 1. The Balaban J connectivity index is 1.91. The summed E-state index contributed by atoms with van der Waals surface area (Å²) in [5, 5.41) is 20.7. The molecule has 0 bridgehead atoms. The molecule has 1 fully saturated rings. The molecule has 116 valence electrons. The third-order valence-electron chi connectivity index (χ3n) is 3.49. The van der Waals surface area contributed by atoms with Crippen LogP contribution in [0.4, 0.5) is 0 Å². The molecule has 2 rings (SSSR count). The maximum Gasteiger partial charge on any atom is 0.329 e. The molecule has 6 nitrogen and oxygen atoms in total. The number of hydrogen-bond donors (Lipinski definition) is 2. The average molecular weight is 320 g/mol. The molecule has 1 aromatic carbocycles. The lowest BCUT2D eigenvalue weighted by Crippen LogP contribution is -2.57. The molecule has 0 unspecified atom stereocenters. The van der Waals surface area contributed by atoms with Crippen molar-refractivity contribution >= 4 is 23.6 Å². The van der Waals surface area contributed by atoms with E-state index in [-0.39, 0.29) is 6.61 Å². The molecule has 0 saturated carbocycles. The third-order valence-corrected chi connectivity index (χ3v) is 4.47. The molecule has 2 N–H and O–H groups in total. The Labute approximate surface area is 132 Å². The summed E-state index contributed by atoms with van der Waals surface area (Å²) in [7, 11) is 0. The van der Waals surface area contributed by atoms with Crippen LogP contribution in [0.5, 0.6) is 5.75 Å². The Morgan fingerprint density at radius 1 is 1.32 bits per heavy atom. The Morgan fingerprint density at radius 2 is 1.95 bits per heavy atom. The minimum atomic E-state index is -1.18. The molecule has 7 heteroatoms. The van der Waals surface area contributed by atoms with Gasteiger partial charge in [-0.1, -0.05) is 0 Å². The van der Waals surface area contributed by atoms with Crippen LogP contribution in [0.3, 0.4) is 0 Å². The fourth-order valence-electron chi connectivity index (χ4n) is 2.19. The molecule has 1 amide bonds. The van der Waals surface area contributed by atoms with Crippen LogP contribution in [0.25, 0.3) is 0 Å². The van der Waals surface area contributed by atoms with Gasteiger partial charge in [-0.2, -0.15) is 17.0 Å². The first-order chi connectivity index (χ1) is 10.6. The van der Waals surface area contributed by atoms with Gasteiger partial charge in [-0.05, 0) is 48.6 Å². The number of carbonyl (C=O) groups is 2. The topological polar surface area (TPSA) is 99.4 Å². The summed E-state index contributed by atoms with van der Waals surface area (Å²) in [5.41, 5.74) is -0.683. The van der Waals surface area contributed by atoms with E-state index in [0.29, 0.717) is 35.7 Å². The standard InChI is InChI=1S/C15H16N2O4S/c16-9-11-1-3-12(4-2-11)21-10-13(18)17-15(14(19)20)5-7-22-8-6-15/h1-4H,5-8,10H2,(H,17,18)(H,19,20). The van der Waals surface area contributed by atoms with Gasteiger partial charge in [-0.3, -0.25) is 4.79 Å². The Bertz CT molecular complexity index is 589. The molecule has 0 spiro atoms. The Kier molecular flexibility index (Phi) is 5.28. The highest BCUT2D eigenvalue weighted by atomic mass is 32.2. The first-order valence-electron chi connectivity index (χ1n) is 6.81. The summed E-state index contributed by atoms with van der Waals surface area (Å²) in [4.78, 5) is 23.4. The number of amides is 1. The van der Waals surface area contributed by atoms with Gasteiger partial charge in [0.1, 0.15) is 11.3 Å². The van der Waals surface area contributed by atoms with E-state index >= 15 is 0 Å². The van der Waals surface area contributed by atoms with Crippen molar-refractivity contribution in [1.82, 2.24) is 5.32 Å². The van der Waals surface area contributed by atoms with Gasteiger partial charge in [-0.25, -0.2) is 4.79 Å². The van der Waals surface area contributed by atoms with Crippen LogP contribution in [0.2, 0.25) is 0 Å². The summed E-state index contributed by atoms with van der Waals surface area (Å²) < 4.78 is 5.31. The van der Waals surface area contributed by atoms with E-state index in [1.165, 1.54) is 0 Å². The average Bonchev–Trinajstić information content (AvgIpc) is 2.54. The smallest absolute Gasteiger partial charge is 0.329 e. The van der Waals surface area contributed by atoms with Crippen LogP contribution in [0.1, 0.15) is 18.4 Å². The summed E-state index contributed by atoms with van der Waals surface area (Å²) in [6, 6.07) is 8.35. The summed E-state index contributed by atoms with van der Waals surface area (Å²) >= 11 is 1.68. The van der Waals surface area contributed by atoms with E-state index in [9.17, 15) is 14.7 Å². The number of rotatable bonds is 5. The highest BCUT2D eigenvalue weighted by Crippen LogP contribution is 2.27. The lowest BCUT2D eigenvalue weighted by atomic mass is 9.92. The van der Waals surface area contributed by atoms with Crippen molar-refractivity contribution < 1.29 is 19.4 Å². The van der Waals surface area contributed by atoms with Crippen molar-refractivity contribution in [2.75, 3.05) is 18.1 Å². The Hall–Kier alpha value is -2.20. The number of carboxylic acid groups (broad SMARTS) is 1. The number of ether oxygens (including phenoxy) is 1. The number of hydrogen-bond acceptors (Lipinski definition) is 5. The van der Waals surface area contributed by atoms with Gasteiger partial charge in [0, 0.05) is 0 Å². The number of nitrogens with zero attached hydrogens (tertiary/aromatic N) is 1. The van der Waals surface area contributed by atoms with E-state index in [4.69, 9.17) is 10.00 Å². The normalized spacial score (nSPS) is 16.3. The van der Waals surface area contributed by atoms with Crippen LogP contribution in [0.15, 0.2) is 24.3 Å². The predicted molar refractivity (Wildman–Crippen MR) is 81.7 cm³/mol. The summed E-state index contributed by atoms with van der Waals surface area (Å²) in [6.07, 6.45) is 0.825. The van der Waals surface area contributed by atoms with E-state index in [2.05, 4.69) is 5.32 Å². The van der Waals surface area contributed by atoms with Crippen molar-refractivity contribution in [2.24, 2.45) is 0 Å². The molecular formula is C15H16N2O4S. The number of nitriles is 1. The summed E-state index contributed by atoms with van der Waals surface area (Å²) in [5.74, 6) is 0.419. The molecule has 1 saturated heterocycles. The highest BCUT2D eigenvalue weighted by Gasteiger charge is 2.41. The molecule has 1 heterocycles. The zero-order chi connectivity index (χ0) is 16.0. The predicted octanol–water partition coefficient (Wildman–Crippen LogP) is 1.40. The molecule has 0 aromatic heterocycles. The lowest BCUT2D eigenvalue weighted by molar-refractivity contribution is -0.148. The van der Waals surface area contributed by atoms with Crippen molar-refractivity contribution in [3.63, 3.8) is 0 Å². The fourth-order valence-corrected chi connectivity index (χ4v) is 3.38. The summed E-state index contributed by atoms with van der Waals surface area (Å²) in [6.45, 7) is -0.256. The van der Waals surface area contributed by atoms with Crippen molar-refractivity contribution in [1.29, 1.82) is 5.26 Å². The van der Waals surface area contributed by atoms with Crippen LogP contribution in [-0.4, -0.2) is 40.6 Å².